The Morgan fingerprint density at radius 3 is 2.65 bits per heavy atom. The highest BCUT2D eigenvalue weighted by molar-refractivity contribution is 7.12. The minimum absolute atomic E-state index is 0.0619. The van der Waals surface area contributed by atoms with E-state index >= 15 is 0 Å². The van der Waals surface area contributed by atoms with Crippen molar-refractivity contribution in [2.24, 2.45) is 5.92 Å². The van der Waals surface area contributed by atoms with E-state index in [1.54, 1.807) is 0 Å². The molecule has 4 rings (SSSR count). The van der Waals surface area contributed by atoms with Crippen molar-refractivity contribution in [2.45, 2.75) is 57.0 Å². The predicted molar refractivity (Wildman–Crippen MR) is 103 cm³/mol. The Kier molecular flexibility index (Phi) is 5.60. The van der Waals surface area contributed by atoms with Crippen LogP contribution in [-0.2, 0) is 4.79 Å². The van der Waals surface area contributed by atoms with Gasteiger partial charge in [0.2, 0.25) is 5.91 Å². The number of amides is 2. The lowest BCUT2D eigenvalue weighted by Crippen LogP contribution is -2.48. The number of rotatable bonds is 4. The molecular weight excluding hydrogens is 346 g/mol. The van der Waals surface area contributed by atoms with E-state index in [-0.39, 0.29) is 23.8 Å². The molecule has 0 radical (unpaired) electrons. The first-order valence-corrected chi connectivity index (χ1v) is 11.0. The molecule has 2 amide bonds. The largest absolute Gasteiger partial charge is 0.352 e. The summed E-state index contributed by atoms with van der Waals surface area (Å²) in [5, 5.41) is 5.21. The zero-order valence-corrected chi connectivity index (χ0v) is 16.2. The summed E-state index contributed by atoms with van der Waals surface area (Å²) in [6.07, 6.45) is 8.22. The van der Waals surface area contributed by atoms with Gasteiger partial charge in [0.15, 0.2) is 0 Å². The fourth-order valence-corrected chi connectivity index (χ4v) is 5.45. The number of nitrogens with zero attached hydrogens (tertiary/aromatic N) is 2. The van der Waals surface area contributed by atoms with Gasteiger partial charge in [-0.15, -0.1) is 11.3 Å². The van der Waals surface area contributed by atoms with E-state index in [1.165, 1.54) is 37.0 Å². The SMILES string of the molecule is O=C(NC1CCN(C2CCCC2)C1)C1CCCN(C(=O)c2cccs2)C1. The molecule has 3 heterocycles. The number of likely N-dealkylation sites (tertiary alicyclic amines) is 2. The Hall–Kier alpha value is -1.40. The fourth-order valence-electron chi connectivity index (χ4n) is 4.76. The van der Waals surface area contributed by atoms with Crippen molar-refractivity contribution in [3.8, 4) is 0 Å². The van der Waals surface area contributed by atoms with Gasteiger partial charge < -0.3 is 10.2 Å². The van der Waals surface area contributed by atoms with Crippen LogP contribution < -0.4 is 5.32 Å². The minimum atomic E-state index is -0.0619. The molecule has 0 bridgehead atoms. The van der Waals surface area contributed by atoms with Crippen molar-refractivity contribution in [2.75, 3.05) is 26.2 Å². The van der Waals surface area contributed by atoms with Crippen LogP contribution in [0, 0.1) is 5.92 Å². The molecular formula is C20H29N3O2S. The summed E-state index contributed by atoms with van der Waals surface area (Å²) < 4.78 is 0. The molecule has 5 nitrogen and oxygen atoms in total. The first-order valence-electron chi connectivity index (χ1n) is 10.1. The second-order valence-corrected chi connectivity index (χ2v) is 8.94. The van der Waals surface area contributed by atoms with E-state index in [4.69, 9.17) is 0 Å². The van der Waals surface area contributed by atoms with E-state index in [0.29, 0.717) is 6.54 Å². The van der Waals surface area contributed by atoms with Crippen LogP contribution in [0.4, 0.5) is 0 Å². The highest BCUT2D eigenvalue weighted by Gasteiger charge is 2.34. The van der Waals surface area contributed by atoms with E-state index in [2.05, 4.69) is 10.2 Å². The molecule has 1 N–H and O–H groups in total. The Morgan fingerprint density at radius 2 is 1.88 bits per heavy atom. The average molecular weight is 376 g/mol. The van der Waals surface area contributed by atoms with Gasteiger partial charge in [-0.2, -0.15) is 0 Å². The normalized spacial score (nSPS) is 27.8. The molecule has 2 unspecified atom stereocenters. The first kappa shape index (κ1) is 18.0. The third-order valence-corrected chi connectivity index (χ3v) is 7.08. The summed E-state index contributed by atoms with van der Waals surface area (Å²) in [7, 11) is 0. The van der Waals surface area contributed by atoms with Gasteiger partial charge in [-0.3, -0.25) is 14.5 Å². The van der Waals surface area contributed by atoms with E-state index in [9.17, 15) is 9.59 Å². The van der Waals surface area contributed by atoms with Crippen LogP contribution in [0.2, 0.25) is 0 Å². The van der Waals surface area contributed by atoms with Gasteiger partial charge in [-0.05, 0) is 43.6 Å². The number of thiophene rings is 1. The van der Waals surface area contributed by atoms with Gasteiger partial charge in [0.05, 0.1) is 10.8 Å². The molecule has 3 fully saturated rings. The van der Waals surface area contributed by atoms with E-state index in [1.807, 2.05) is 22.4 Å². The fraction of sp³-hybridized carbons (Fsp3) is 0.700. The first-order chi connectivity index (χ1) is 12.7. The van der Waals surface area contributed by atoms with Crippen LogP contribution in [0.5, 0.6) is 0 Å². The molecule has 2 aliphatic heterocycles. The van der Waals surface area contributed by atoms with Crippen LogP contribution >= 0.6 is 11.3 Å². The van der Waals surface area contributed by atoms with Gasteiger partial charge in [0.25, 0.3) is 5.91 Å². The Labute approximate surface area is 159 Å². The Morgan fingerprint density at radius 1 is 1.04 bits per heavy atom. The van der Waals surface area contributed by atoms with Crippen molar-refractivity contribution >= 4 is 23.2 Å². The molecule has 2 atom stereocenters. The standard InChI is InChI=1S/C20H29N3O2S/c24-19(21-16-9-11-22(14-16)17-6-1-2-7-17)15-5-3-10-23(13-15)20(25)18-8-4-12-26-18/h4,8,12,15-17H,1-3,5-7,9-11,13-14H2,(H,21,24). The molecule has 3 aliphatic rings. The van der Waals surface area contributed by atoms with Gasteiger partial charge in [-0.1, -0.05) is 18.9 Å². The van der Waals surface area contributed by atoms with Crippen molar-refractivity contribution in [3.63, 3.8) is 0 Å². The van der Waals surface area contributed by atoms with Crippen molar-refractivity contribution < 1.29 is 9.59 Å². The lowest BCUT2D eigenvalue weighted by Gasteiger charge is -2.32. The molecule has 1 saturated carbocycles. The monoisotopic (exact) mass is 375 g/mol. The predicted octanol–water partition coefficient (Wildman–Crippen LogP) is 2.73. The van der Waals surface area contributed by atoms with Gasteiger partial charge in [0.1, 0.15) is 0 Å². The molecule has 1 aromatic heterocycles. The summed E-state index contributed by atoms with van der Waals surface area (Å²) in [6, 6.07) is 4.80. The van der Waals surface area contributed by atoms with Crippen molar-refractivity contribution in [1.29, 1.82) is 0 Å². The zero-order chi connectivity index (χ0) is 17.9. The molecule has 142 valence electrons. The van der Waals surface area contributed by atoms with Crippen molar-refractivity contribution in [3.05, 3.63) is 22.4 Å². The van der Waals surface area contributed by atoms with Crippen LogP contribution in [0.15, 0.2) is 17.5 Å². The summed E-state index contributed by atoms with van der Waals surface area (Å²) in [6.45, 7) is 3.44. The van der Waals surface area contributed by atoms with Gasteiger partial charge >= 0.3 is 0 Å². The lowest BCUT2D eigenvalue weighted by molar-refractivity contribution is -0.127. The third-order valence-electron chi connectivity index (χ3n) is 6.22. The Balaban J connectivity index is 1.28. The van der Waals surface area contributed by atoms with Crippen molar-refractivity contribution in [1.82, 2.24) is 15.1 Å². The second-order valence-electron chi connectivity index (χ2n) is 8.00. The highest BCUT2D eigenvalue weighted by atomic mass is 32.1. The number of carbonyl (C=O) groups is 2. The quantitative estimate of drug-likeness (QED) is 0.880. The van der Waals surface area contributed by atoms with Crippen LogP contribution in [-0.4, -0.2) is 59.9 Å². The summed E-state index contributed by atoms with van der Waals surface area (Å²) >= 11 is 1.48. The lowest BCUT2D eigenvalue weighted by atomic mass is 9.96. The molecule has 2 saturated heterocycles. The van der Waals surface area contributed by atoms with E-state index in [0.717, 1.165) is 49.8 Å². The molecule has 26 heavy (non-hydrogen) atoms. The number of hydrogen-bond acceptors (Lipinski definition) is 4. The maximum absolute atomic E-state index is 12.8. The van der Waals surface area contributed by atoms with E-state index < -0.39 is 0 Å². The Bertz CT molecular complexity index is 627. The smallest absolute Gasteiger partial charge is 0.263 e. The highest BCUT2D eigenvalue weighted by Crippen LogP contribution is 2.27. The third kappa shape index (κ3) is 3.96. The second kappa shape index (κ2) is 8.09. The maximum atomic E-state index is 12.8. The number of piperidine rings is 1. The minimum Gasteiger partial charge on any atom is -0.352 e. The summed E-state index contributed by atoms with van der Waals surface area (Å²) in [5.74, 6) is 0.158. The number of carbonyl (C=O) groups excluding carboxylic acids is 2. The molecule has 1 aromatic rings. The zero-order valence-electron chi connectivity index (χ0n) is 15.4. The molecule has 6 heteroatoms. The summed E-state index contributed by atoms with van der Waals surface area (Å²) in [4.78, 5) is 30.5. The number of hydrogen-bond donors (Lipinski definition) is 1. The molecule has 0 aromatic carbocycles. The topological polar surface area (TPSA) is 52.7 Å². The molecule has 0 spiro atoms. The number of nitrogens with one attached hydrogen (secondary N) is 1. The van der Waals surface area contributed by atoms with Gasteiger partial charge in [-0.25, -0.2) is 0 Å². The average Bonchev–Trinajstić information content (AvgIpc) is 3.42. The van der Waals surface area contributed by atoms with Gasteiger partial charge in [0, 0.05) is 38.3 Å². The summed E-state index contributed by atoms with van der Waals surface area (Å²) in [5.41, 5.74) is 0. The van der Waals surface area contributed by atoms with Crippen LogP contribution in [0.25, 0.3) is 0 Å². The maximum Gasteiger partial charge on any atom is 0.263 e. The van der Waals surface area contributed by atoms with Crippen LogP contribution in [0.1, 0.15) is 54.6 Å². The van der Waals surface area contributed by atoms with Crippen LogP contribution in [0.3, 0.4) is 0 Å². The molecule has 1 aliphatic carbocycles.